The number of nitrogen functional groups attached to an aromatic ring is 1. The van der Waals surface area contributed by atoms with Gasteiger partial charge in [-0.3, -0.25) is 0 Å². The first kappa shape index (κ1) is 17.3. The van der Waals surface area contributed by atoms with E-state index < -0.39 is 0 Å². The molecule has 0 radical (unpaired) electrons. The van der Waals surface area contributed by atoms with Crippen molar-refractivity contribution in [1.29, 1.82) is 0 Å². The molecule has 1 aliphatic carbocycles. The molecular formula is C19H30N4. The number of likely N-dealkylation sites (N-methyl/N-ethyl adjacent to an activating group) is 1. The highest BCUT2D eigenvalue weighted by Crippen LogP contribution is 2.25. The smallest absolute Gasteiger partial charge is 0.0918 e. The van der Waals surface area contributed by atoms with Crippen molar-refractivity contribution >= 4 is 5.69 Å². The number of nitrogens with one attached hydrogen (secondary N) is 2. The number of hydrogen-bond donors (Lipinski definition) is 3. The Morgan fingerprint density at radius 1 is 1.17 bits per heavy atom. The Labute approximate surface area is 140 Å². The van der Waals surface area contributed by atoms with E-state index in [4.69, 9.17) is 5.73 Å². The summed E-state index contributed by atoms with van der Waals surface area (Å²) < 4.78 is 0. The minimum Gasteiger partial charge on any atom is -0.399 e. The van der Waals surface area contributed by atoms with Gasteiger partial charge < -0.3 is 21.3 Å². The van der Waals surface area contributed by atoms with Crippen LogP contribution in [0.5, 0.6) is 0 Å². The molecule has 0 aliphatic heterocycles. The Morgan fingerprint density at radius 3 is 2.48 bits per heavy atom. The minimum absolute atomic E-state index is 0.719. The summed E-state index contributed by atoms with van der Waals surface area (Å²) in [6.07, 6.45) is 5.49. The fourth-order valence-electron chi connectivity index (χ4n) is 2.96. The Bertz CT molecular complexity index is 515. The zero-order valence-corrected chi connectivity index (χ0v) is 14.3. The van der Waals surface area contributed by atoms with Crippen molar-refractivity contribution in [3.8, 4) is 0 Å². The van der Waals surface area contributed by atoms with Gasteiger partial charge in [0, 0.05) is 31.5 Å². The Balaban J connectivity index is 1.64. The fraction of sp³-hybridized carbons (Fsp3) is 0.474. The van der Waals surface area contributed by atoms with E-state index in [-0.39, 0.29) is 0 Å². The summed E-state index contributed by atoms with van der Waals surface area (Å²) in [6.45, 7) is 10.8. The molecule has 0 saturated heterocycles. The van der Waals surface area contributed by atoms with Gasteiger partial charge >= 0.3 is 0 Å². The summed E-state index contributed by atoms with van der Waals surface area (Å²) in [5, 5.41) is 6.58. The summed E-state index contributed by atoms with van der Waals surface area (Å²) in [4.78, 5) is 2.27. The van der Waals surface area contributed by atoms with Crippen molar-refractivity contribution in [2.45, 2.75) is 32.2 Å². The van der Waals surface area contributed by atoms with Gasteiger partial charge in [0.1, 0.15) is 0 Å². The van der Waals surface area contributed by atoms with Gasteiger partial charge in [-0.15, -0.1) is 0 Å². The molecular weight excluding hydrogens is 284 g/mol. The molecule has 2 rings (SSSR count). The standard InChI is InChI=1S/C19H30N4/c1-15(23(3)14-18-6-4-5-7-18)12-21-16(2)22-13-17-8-10-19(20)11-9-17/h8-11,18,21-22H,1-2,4-7,12-14,20H2,3H3. The van der Waals surface area contributed by atoms with Crippen LogP contribution in [0.3, 0.4) is 0 Å². The number of nitrogens with zero attached hydrogens (tertiary/aromatic N) is 1. The zero-order chi connectivity index (χ0) is 16.7. The topological polar surface area (TPSA) is 53.3 Å². The number of nitrogens with two attached hydrogens (primary N) is 1. The number of anilines is 1. The number of hydrogen-bond acceptors (Lipinski definition) is 4. The fourth-order valence-corrected chi connectivity index (χ4v) is 2.96. The number of rotatable bonds is 9. The summed E-state index contributed by atoms with van der Waals surface area (Å²) in [7, 11) is 2.13. The van der Waals surface area contributed by atoms with Crippen molar-refractivity contribution in [2.24, 2.45) is 5.92 Å². The van der Waals surface area contributed by atoms with Gasteiger partial charge in [0.25, 0.3) is 0 Å². The van der Waals surface area contributed by atoms with Crippen molar-refractivity contribution in [1.82, 2.24) is 15.5 Å². The van der Waals surface area contributed by atoms with Crippen LogP contribution in [0, 0.1) is 5.92 Å². The summed E-state index contributed by atoms with van der Waals surface area (Å²) in [5.74, 6) is 1.65. The van der Waals surface area contributed by atoms with Crippen LogP contribution in [0.2, 0.25) is 0 Å². The third-order valence-corrected chi connectivity index (χ3v) is 4.54. The molecule has 1 aromatic rings. The maximum atomic E-state index is 5.69. The third-order valence-electron chi connectivity index (χ3n) is 4.54. The molecule has 1 fully saturated rings. The molecule has 126 valence electrons. The van der Waals surface area contributed by atoms with Crippen LogP contribution in [0.1, 0.15) is 31.2 Å². The molecule has 1 aromatic carbocycles. The predicted octanol–water partition coefficient (Wildman–Crippen LogP) is 3.05. The first-order chi connectivity index (χ1) is 11.0. The molecule has 0 unspecified atom stereocenters. The van der Waals surface area contributed by atoms with Crippen LogP contribution in [-0.4, -0.2) is 25.0 Å². The molecule has 4 N–H and O–H groups in total. The van der Waals surface area contributed by atoms with Crippen LogP contribution in [0.15, 0.2) is 48.9 Å². The first-order valence-corrected chi connectivity index (χ1v) is 8.44. The molecule has 1 aliphatic rings. The van der Waals surface area contributed by atoms with E-state index in [0.717, 1.165) is 42.8 Å². The predicted molar refractivity (Wildman–Crippen MR) is 98.6 cm³/mol. The second-order valence-corrected chi connectivity index (χ2v) is 6.52. The van der Waals surface area contributed by atoms with E-state index in [2.05, 4.69) is 35.7 Å². The first-order valence-electron chi connectivity index (χ1n) is 8.44. The second-order valence-electron chi connectivity index (χ2n) is 6.52. The zero-order valence-electron chi connectivity index (χ0n) is 14.3. The largest absolute Gasteiger partial charge is 0.399 e. The van der Waals surface area contributed by atoms with Gasteiger partial charge in [-0.2, -0.15) is 0 Å². The SMILES string of the molecule is C=C(NCC(=C)N(C)CC1CCCC1)NCc1ccc(N)cc1. The molecule has 0 aromatic heterocycles. The molecule has 0 heterocycles. The lowest BCUT2D eigenvalue weighted by Crippen LogP contribution is -2.32. The Hall–Kier alpha value is -2.10. The van der Waals surface area contributed by atoms with E-state index in [9.17, 15) is 0 Å². The van der Waals surface area contributed by atoms with Gasteiger partial charge in [-0.05, 0) is 36.5 Å². The second kappa shape index (κ2) is 8.51. The van der Waals surface area contributed by atoms with Crippen LogP contribution < -0.4 is 16.4 Å². The number of benzene rings is 1. The molecule has 23 heavy (non-hydrogen) atoms. The molecule has 1 saturated carbocycles. The van der Waals surface area contributed by atoms with Crippen LogP contribution in [0.4, 0.5) is 5.69 Å². The highest BCUT2D eigenvalue weighted by Gasteiger charge is 2.17. The van der Waals surface area contributed by atoms with E-state index in [1.807, 2.05) is 24.3 Å². The average Bonchev–Trinajstić information content (AvgIpc) is 3.05. The van der Waals surface area contributed by atoms with Crippen molar-refractivity contribution < 1.29 is 0 Å². The van der Waals surface area contributed by atoms with Gasteiger partial charge in [-0.1, -0.05) is 38.1 Å². The monoisotopic (exact) mass is 314 g/mol. The Morgan fingerprint density at radius 2 is 1.83 bits per heavy atom. The van der Waals surface area contributed by atoms with Crippen molar-refractivity contribution in [3.63, 3.8) is 0 Å². The van der Waals surface area contributed by atoms with Gasteiger partial charge in [0.2, 0.25) is 0 Å². The summed E-state index contributed by atoms with van der Waals surface area (Å²) in [5.41, 5.74) is 8.75. The van der Waals surface area contributed by atoms with Crippen LogP contribution in [0.25, 0.3) is 0 Å². The third kappa shape index (κ3) is 5.89. The molecule has 0 spiro atoms. The van der Waals surface area contributed by atoms with Gasteiger partial charge in [0.15, 0.2) is 0 Å². The summed E-state index contributed by atoms with van der Waals surface area (Å²) in [6, 6.07) is 7.86. The van der Waals surface area contributed by atoms with Crippen molar-refractivity contribution in [3.05, 3.63) is 54.5 Å². The lowest BCUT2D eigenvalue weighted by molar-refractivity contribution is 0.330. The van der Waals surface area contributed by atoms with Crippen LogP contribution in [-0.2, 0) is 6.54 Å². The van der Waals surface area contributed by atoms with E-state index in [1.54, 1.807) is 0 Å². The Kier molecular flexibility index (Phi) is 6.39. The quantitative estimate of drug-likeness (QED) is 0.613. The van der Waals surface area contributed by atoms with E-state index >= 15 is 0 Å². The van der Waals surface area contributed by atoms with Crippen LogP contribution >= 0.6 is 0 Å². The average molecular weight is 314 g/mol. The van der Waals surface area contributed by atoms with Crippen molar-refractivity contribution in [2.75, 3.05) is 25.9 Å². The minimum atomic E-state index is 0.719. The highest BCUT2D eigenvalue weighted by atomic mass is 15.2. The molecule has 0 amide bonds. The highest BCUT2D eigenvalue weighted by molar-refractivity contribution is 5.39. The maximum absolute atomic E-state index is 5.69. The summed E-state index contributed by atoms with van der Waals surface area (Å²) >= 11 is 0. The van der Waals surface area contributed by atoms with Gasteiger partial charge in [-0.25, -0.2) is 0 Å². The van der Waals surface area contributed by atoms with Gasteiger partial charge in [0.05, 0.1) is 12.4 Å². The molecule has 4 nitrogen and oxygen atoms in total. The molecule has 0 atom stereocenters. The van der Waals surface area contributed by atoms with E-state index in [1.165, 1.54) is 31.2 Å². The maximum Gasteiger partial charge on any atom is 0.0918 e. The van der Waals surface area contributed by atoms with E-state index in [0.29, 0.717) is 0 Å². The lowest BCUT2D eigenvalue weighted by Gasteiger charge is -2.26. The normalized spacial score (nSPS) is 14.5. The molecule has 0 bridgehead atoms. The lowest BCUT2D eigenvalue weighted by atomic mass is 10.1. The molecule has 4 heteroatoms.